The molecule has 0 unspecified atom stereocenters. The molecule has 0 radical (unpaired) electrons. The van der Waals surface area contributed by atoms with Gasteiger partial charge in [0.1, 0.15) is 17.8 Å². The highest BCUT2D eigenvalue weighted by atomic mass is 19.3. The Hall–Kier alpha value is -2.72. The van der Waals surface area contributed by atoms with Crippen molar-refractivity contribution in [3.8, 4) is 0 Å². The number of halogens is 3. The number of ether oxygens (including phenoxy) is 4. The number of rotatable bonds is 5. The van der Waals surface area contributed by atoms with Crippen molar-refractivity contribution in [2.75, 3.05) is 5.73 Å². The monoisotopic (exact) mass is 500 g/mol. The number of pyridine rings is 1. The lowest BCUT2D eigenvalue weighted by Crippen LogP contribution is -2.49. The largest absolute Gasteiger partial charge is 0.381 e. The average molecular weight is 501 g/mol. The zero-order valence-corrected chi connectivity index (χ0v) is 19.9. The molecule has 1 aliphatic carbocycles. The number of aromatic nitrogens is 1. The van der Waals surface area contributed by atoms with E-state index in [2.05, 4.69) is 4.98 Å². The fraction of sp³-hybridized carbons (Fsp3) is 0.444. The van der Waals surface area contributed by atoms with Crippen molar-refractivity contribution >= 4 is 16.7 Å². The van der Waals surface area contributed by atoms with E-state index < -0.39 is 54.0 Å². The van der Waals surface area contributed by atoms with Gasteiger partial charge in [-0.05, 0) is 43.5 Å². The maximum atomic E-state index is 15.7. The first kappa shape index (κ1) is 23.7. The van der Waals surface area contributed by atoms with Crippen LogP contribution in [0.15, 0.2) is 54.6 Å². The normalized spacial score (nSPS) is 32.0. The van der Waals surface area contributed by atoms with Crippen molar-refractivity contribution in [1.29, 1.82) is 0 Å². The summed E-state index contributed by atoms with van der Waals surface area (Å²) in [5.74, 6) is -6.11. The third-order valence-corrected chi connectivity index (χ3v) is 7.39. The predicted octanol–water partition coefficient (Wildman–Crippen LogP) is 4.99. The summed E-state index contributed by atoms with van der Waals surface area (Å²) in [5.41, 5.74) is 6.16. The molecular weight excluding hydrogens is 473 g/mol. The number of nitrogen functional groups attached to an aromatic ring is 1. The fourth-order valence-electron chi connectivity index (χ4n) is 5.79. The van der Waals surface area contributed by atoms with Crippen LogP contribution in [0.3, 0.4) is 0 Å². The molecule has 0 spiro atoms. The number of benzene rings is 2. The van der Waals surface area contributed by atoms with Crippen LogP contribution < -0.4 is 5.73 Å². The molecule has 1 aromatic heterocycles. The molecule has 2 N–H and O–H groups in total. The zero-order chi connectivity index (χ0) is 25.3. The Morgan fingerprint density at radius 2 is 1.81 bits per heavy atom. The van der Waals surface area contributed by atoms with Gasteiger partial charge in [-0.3, -0.25) is 0 Å². The summed E-state index contributed by atoms with van der Waals surface area (Å²) in [6.45, 7) is 3.60. The predicted molar refractivity (Wildman–Crippen MR) is 126 cm³/mol. The third kappa shape index (κ3) is 3.85. The van der Waals surface area contributed by atoms with Crippen LogP contribution in [-0.4, -0.2) is 40.8 Å². The molecule has 0 amide bonds. The Kier molecular flexibility index (Phi) is 5.35. The van der Waals surface area contributed by atoms with Gasteiger partial charge in [-0.25, -0.2) is 18.2 Å². The second-order valence-corrected chi connectivity index (χ2v) is 10.3. The van der Waals surface area contributed by atoms with Crippen LogP contribution in [0.2, 0.25) is 0 Å². The molecule has 2 saturated heterocycles. The Bertz CT molecular complexity index is 1300. The molecule has 36 heavy (non-hydrogen) atoms. The third-order valence-electron chi connectivity index (χ3n) is 7.39. The number of anilines is 1. The summed E-state index contributed by atoms with van der Waals surface area (Å²) in [5, 5.41) is 0.542. The maximum Gasteiger partial charge on any atom is 0.256 e. The van der Waals surface area contributed by atoms with E-state index in [0.717, 1.165) is 5.56 Å². The van der Waals surface area contributed by atoms with Crippen molar-refractivity contribution in [3.05, 3.63) is 71.5 Å². The van der Waals surface area contributed by atoms with E-state index >= 15 is 8.78 Å². The Labute approximate surface area is 206 Å². The highest BCUT2D eigenvalue weighted by molar-refractivity contribution is 5.81. The molecule has 9 heteroatoms. The second-order valence-electron chi connectivity index (χ2n) is 10.3. The van der Waals surface area contributed by atoms with E-state index in [9.17, 15) is 4.39 Å². The van der Waals surface area contributed by atoms with Crippen LogP contribution in [0.4, 0.5) is 19.0 Å². The summed E-state index contributed by atoms with van der Waals surface area (Å²) >= 11 is 0. The van der Waals surface area contributed by atoms with Gasteiger partial charge in [0.05, 0.1) is 18.0 Å². The standard InChI is InChI=1S/C27H27F3N2O4/c1-25(2)35-22-24(36-25)34-21-18(10-16-8-9-17-12-19(28)23(31)32-20(17)11-16)27(29,30)14-26(21,22)33-13-15-6-4-3-5-7-15/h3-9,11-12,18,21-22,24H,10,13-14H2,1-2H3,(H2,31,32)/t18-,21+,22-,24+,26+/m0/s1. The van der Waals surface area contributed by atoms with Gasteiger partial charge in [0.15, 0.2) is 23.7 Å². The molecule has 3 aliphatic rings. The van der Waals surface area contributed by atoms with Crippen LogP contribution in [-0.2, 0) is 32.0 Å². The Balaban J connectivity index is 1.34. The molecular formula is C27H27F3N2O4. The molecule has 190 valence electrons. The smallest absolute Gasteiger partial charge is 0.256 e. The zero-order valence-electron chi connectivity index (χ0n) is 19.9. The van der Waals surface area contributed by atoms with Gasteiger partial charge in [-0.15, -0.1) is 0 Å². The van der Waals surface area contributed by atoms with Crippen molar-refractivity contribution < 1.29 is 32.1 Å². The van der Waals surface area contributed by atoms with Crippen molar-refractivity contribution in [2.24, 2.45) is 5.92 Å². The highest BCUT2D eigenvalue weighted by Gasteiger charge is 2.75. The molecule has 3 fully saturated rings. The summed E-state index contributed by atoms with van der Waals surface area (Å²) in [7, 11) is 0. The molecule has 5 atom stereocenters. The Morgan fingerprint density at radius 3 is 2.58 bits per heavy atom. The number of fused-ring (bicyclic) bond motifs is 4. The number of hydrogen-bond donors (Lipinski definition) is 1. The summed E-state index contributed by atoms with van der Waals surface area (Å²) < 4.78 is 69.7. The van der Waals surface area contributed by atoms with E-state index in [1.165, 1.54) is 6.07 Å². The first-order valence-electron chi connectivity index (χ1n) is 12.0. The summed E-state index contributed by atoms with van der Waals surface area (Å²) in [6, 6.07) is 15.7. The van der Waals surface area contributed by atoms with Crippen LogP contribution in [0, 0.1) is 11.7 Å². The van der Waals surface area contributed by atoms with Crippen LogP contribution >= 0.6 is 0 Å². The molecule has 2 aromatic carbocycles. The molecule has 3 aromatic rings. The van der Waals surface area contributed by atoms with Crippen LogP contribution in [0.1, 0.15) is 31.4 Å². The van der Waals surface area contributed by atoms with Gasteiger partial charge in [-0.2, -0.15) is 0 Å². The van der Waals surface area contributed by atoms with E-state index in [1.807, 2.05) is 30.3 Å². The lowest BCUT2D eigenvalue weighted by Gasteiger charge is -2.34. The minimum atomic E-state index is -3.09. The van der Waals surface area contributed by atoms with Crippen molar-refractivity contribution in [2.45, 2.75) is 69.1 Å². The van der Waals surface area contributed by atoms with E-state index in [1.54, 1.807) is 32.0 Å². The number of nitrogens with two attached hydrogens (primary N) is 1. The SMILES string of the molecule is CC1(C)O[C@H]2O[C@@H]3[C@H](Cc4ccc5cc(F)c(N)nc5c4)C(F)(F)C[C@]3(OCc3ccccc3)[C@H]2O1. The lowest BCUT2D eigenvalue weighted by molar-refractivity contribution is -0.237. The molecule has 6 rings (SSSR count). The van der Waals surface area contributed by atoms with E-state index in [0.29, 0.717) is 16.5 Å². The fourth-order valence-corrected chi connectivity index (χ4v) is 5.79. The van der Waals surface area contributed by atoms with E-state index in [-0.39, 0.29) is 18.8 Å². The van der Waals surface area contributed by atoms with Gasteiger partial charge in [0, 0.05) is 11.8 Å². The van der Waals surface area contributed by atoms with Gasteiger partial charge in [-0.1, -0.05) is 42.5 Å². The Morgan fingerprint density at radius 1 is 1.03 bits per heavy atom. The maximum absolute atomic E-state index is 15.7. The minimum Gasteiger partial charge on any atom is -0.381 e. The van der Waals surface area contributed by atoms with E-state index in [4.69, 9.17) is 24.7 Å². The van der Waals surface area contributed by atoms with Gasteiger partial charge in [0.25, 0.3) is 5.92 Å². The quantitative estimate of drug-likeness (QED) is 0.532. The first-order chi connectivity index (χ1) is 17.1. The lowest BCUT2D eigenvalue weighted by atomic mass is 9.89. The molecule has 2 aliphatic heterocycles. The van der Waals surface area contributed by atoms with Crippen LogP contribution in [0.5, 0.6) is 0 Å². The minimum absolute atomic E-state index is 0.00580. The topological polar surface area (TPSA) is 75.8 Å². The van der Waals surface area contributed by atoms with Crippen molar-refractivity contribution in [3.63, 3.8) is 0 Å². The van der Waals surface area contributed by atoms with Gasteiger partial charge >= 0.3 is 0 Å². The first-order valence-corrected chi connectivity index (χ1v) is 12.0. The second kappa shape index (κ2) is 8.14. The number of hydrogen-bond acceptors (Lipinski definition) is 6. The molecule has 3 heterocycles. The summed E-state index contributed by atoms with van der Waals surface area (Å²) in [6.07, 6.45) is -3.10. The number of nitrogens with zero attached hydrogens (tertiary/aromatic N) is 1. The molecule has 1 saturated carbocycles. The number of alkyl halides is 2. The highest BCUT2D eigenvalue weighted by Crippen LogP contribution is 2.59. The summed E-state index contributed by atoms with van der Waals surface area (Å²) in [4.78, 5) is 4.07. The van der Waals surface area contributed by atoms with Crippen LogP contribution in [0.25, 0.3) is 10.9 Å². The van der Waals surface area contributed by atoms with Gasteiger partial charge < -0.3 is 24.7 Å². The average Bonchev–Trinajstić information content (AvgIpc) is 3.35. The molecule has 6 nitrogen and oxygen atoms in total. The molecule has 0 bridgehead atoms. The van der Waals surface area contributed by atoms with Crippen molar-refractivity contribution in [1.82, 2.24) is 4.98 Å². The van der Waals surface area contributed by atoms with Gasteiger partial charge in [0.2, 0.25) is 0 Å².